The van der Waals surface area contributed by atoms with E-state index in [0.29, 0.717) is 35.0 Å². The zero-order valence-electron chi connectivity index (χ0n) is 25.3. The fourth-order valence-corrected chi connectivity index (χ4v) is 6.79. The molecule has 0 unspecified atom stereocenters. The number of aliphatic carboxylic acids is 1. The summed E-state index contributed by atoms with van der Waals surface area (Å²) in [5.41, 5.74) is 7.45. The average molecular weight is 660 g/mol. The van der Waals surface area contributed by atoms with Crippen LogP contribution in [0.15, 0.2) is 75.4 Å². The Hall–Kier alpha value is -4.17. The summed E-state index contributed by atoms with van der Waals surface area (Å²) < 4.78 is 35.9. The minimum Gasteiger partial charge on any atom is -0.475 e. The monoisotopic (exact) mass is 659 g/mol. The number of carbonyl (C=O) groups is 2. The Morgan fingerprint density at radius 1 is 0.935 bits per heavy atom. The molecule has 5 rings (SSSR count). The van der Waals surface area contributed by atoms with E-state index in [2.05, 4.69) is 0 Å². The number of alkyl halides is 3. The molecule has 2 aromatic carbocycles. The summed E-state index contributed by atoms with van der Waals surface area (Å²) in [4.78, 5) is 54.1. The molecule has 0 atom stereocenters. The number of rotatable bonds is 8. The second kappa shape index (κ2) is 14.9. The van der Waals surface area contributed by atoms with Crippen molar-refractivity contribution in [1.29, 1.82) is 0 Å². The first-order valence-electron chi connectivity index (χ1n) is 14.9. The molecule has 2 aromatic heterocycles. The molecule has 0 amide bonds. The van der Waals surface area contributed by atoms with Crippen molar-refractivity contribution in [3.05, 3.63) is 92.6 Å². The maximum atomic E-state index is 13.9. The molecule has 1 saturated carbocycles. The van der Waals surface area contributed by atoms with Gasteiger partial charge in [0, 0.05) is 23.9 Å². The van der Waals surface area contributed by atoms with E-state index >= 15 is 0 Å². The summed E-state index contributed by atoms with van der Waals surface area (Å²) in [7, 11) is 1.61. The van der Waals surface area contributed by atoms with Gasteiger partial charge in [-0.05, 0) is 18.4 Å². The molecule has 3 N–H and O–H groups in total. The number of carbonyl (C=O) groups excluding carboxylic acids is 1. The largest absolute Gasteiger partial charge is 0.490 e. The fourth-order valence-electron chi connectivity index (χ4n) is 5.43. The van der Waals surface area contributed by atoms with Gasteiger partial charge in [-0.25, -0.2) is 14.6 Å². The topological polar surface area (TPSA) is 142 Å². The van der Waals surface area contributed by atoms with E-state index in [1.807, 2.05) is 41.0 Å². The van der Waals surface area contributed by atoms with Crippen molar-refractivity contribution in [3.8, 4) is 0 Å². The summed E-state index contributed by atoms with van der Waals surface area (Å²) >= 11 is 1.64. The van der Waals surface area contributed by atoms with Crippen molar-refractivity contribution in [2.75, 3.05) is 6.54 Å². The van der Waals surface area contributed by atoms with Gasteiger partial charge in [0.05, 0.1) is 13.1 Å². The van der Waals surface area contributed by atoms with Crippen molar-refractivity contribution in [1.82, 2.24) is 18.7 Å². The van der Waals surface area contributed by atoms with Crippen LogP contribution in [0.2, 0.25) is 0 Å². The lowest BCUT2D eigenvalue weighted by atomic mass is 9.90. The van der Waals surface area contributed by atoms with Crippen LogP contribution in [0.25, 0.3) is 11.2 Å². The fraction of sp³-hybridized carbons (Fsp3) is 0.406. The number of hydrogen-bond donors (Lipinski definition) is 2. The first-order valence-corrected chi connectivity index (χ1v) is 15.7. The van der Waals surface area contributed by atoms with Crippen LogP contribution in [-0.2, 0) is 24.9 Å². The van der Waals surface area contributed by atoms with Crippen molar-refractivity contribution in [3.63, 3.8) is 0 Å². The summed E-state index contributed by atoms with van der Waals surface area (Å²) in [6.07, 6.45) is 2.73. The number of benzene rings is 2. The molecule has 46 heavy (non-hydrogen) atoms. The zero-order chi connectivity index (χ0) is 33.5. The lowest BCUT2D eigenvalue weighted by Gasteiger charge is -2.33. The van der Waals surface area contributed by atoms with Crippen LogP contribution < -0.4 is 17.0 Å². The average Bonchev–Trinajstić information content (AvgIpc) is 3.37. The van der Waals surface area contributed by atoms with Gasteiger partial charge in [0.25, 0.3) is 5.56 Å². The van der Waals surface area contributed by atoms with E-state index < -0.39 is 23.4 Å². The number of nitrogens with two attached hydrogens (primary N) is 1. The molecular weight excluding hydrogens is 623 g/mol. The van der Waals surface area contributed by atoms with Crippen molar-refractivity contribution in [2.45, 2.75) is 74.1 Å². The molecule has 1 fully saturated rings. The number of thioether (sulfide) groups is 1. The normalized spacial score (nSPS) is 15.0. The molecule has 246 valence electrons. The molecule has 10 nitrogen and oxygen atoms in total. The molecular formula is C32H36F3N5O5S. The quantitative estimate of drug-likeness (QED) is 0.252. The summed E-state index contributed by atoms with van der Waals surface area (Å²) in [6.45, 7) is 0.596. The first-order chi connectivity index (χ1) is 21.9. The number of halogens is 3. The predicted molar refractivity (Wildman–Crippen MR) is 169 cm³/mol. The van der Waals surface area contributed by atoms with Gasteiger partial charge in [-0.15, -0.1) is 0 Å². The van der Waals surface area contributed by atoms with E-state index in [9.17, 15) is 27.6 Å². The van der Waals surface area contributed by atoms with Gasteiger partial charge >= 0.3 is 17.8 Å². The molecule has 1 aliphatic carbocycles. The summed E-state index contributed by atoms with van der Waals surface area (Å²) in [5.74, 6) is -3.05. The van der Waals surface area contributed by atoms with Gasteiger partial charge in [-0.1, -0.05) is 105 Å². The number of carboxylic acids is 1. The maximum Gasteiger partial charge on any atom is 0.490 e. The van der Waals surface area contributed by atoms with Gasteiger partial charge in [0.15, 0.2) is 22.1 Å². The Kier molecular flexibility index (Phi) is 11.3. The van der Waals surface area contributed by atoms with Crippen molar-refractivity contribution >= 4 is 34.7 Å². The highest BCUT2D eigenvalue weighted by molar-refractivity contribution is 8.00. The molecule has 1 aliphatic rings. The Morgan fingerprint density at radius 2 is 1.48 bits per heavy atom. The Balaban J connectivity index is 0.000000617. The molecule has 14 heteroatoms. The van der Waals surface area contributed by atoms with Crippen LogP contribution in [0.5, 0.6) is 0 Å². The number of carboxylic acid groups (broad SMARTS) is 1. The highest BCUT2D eigenvalue weighted by Gasteiger charge is 2.38. The minimum atomic E-state index is -5.08. The molecule has 0 saturated heterocycles. The van der Waals surface area contributed by atoms with Crippen LogP contribution in [-0.4, -0.2) is 53.0 Å². The number of ketones is 1. The number of hydrogen-bond acceptors (Lipinski definition) is 7. The lowest BCUT2D eigenvalue weighted by molar-refractivity contribution is -0.192. The third-order valence-corrected chi connectivity index (χ3v) is 9.47. The van der Waals surface area contributed by atoms with Crippen molar-refractivity contribution < 1.29 is 27.9 Å². The lowest BCUT2D eigenvalue weighted by Crippen LogP contribution is -2.41. The third kappa shape index (κ3) is 8.15. The van der Waals surface area contributed by atoms with Crippen LogP contribution in [0.1, 0.15) is 60.9 Å². The van der Waals surface area contributed by atoms with Gasteiger partial charge in [0.1, 0.15) is 0 Å². The van der Waals surface area contributed by atoms with Crippen LogP contribution >= 0.6 is 11.8 Å². The Morgan fingerprint density at radius 3 is 2.02 bits per heavy atom. The van der Waals surface area contributed by atoms with E-state index in [1.165, 1.54) is 23.8 Å². The smallest absolute Gasteiger partial charge is 0.475 e. The molecule has 0 aliphatic heterocycles. The predicted octanol–water partition coefficient (Wildman–Crippen LogP) is 5.00. The van der Waals surface area contributed by atoms with Crippen LogP contribution in [0, 0.1) is 0 Å². The Labute approximate surface area is 267 Å². The molecule has 0 spiro atoms. The standard InChI is InChI=1S/C30H35N5O3S.C2HF3O2/c1-33-26-25(27(37)35(29(33)38)20-24(36)23-15-9-6-10-16-23)34(19-22-13-7-5-8-14-22)28(32-26)39-30(21-31)17-11-3-2-4-12-18-30;3-2(4,5)1(6)7/h5-10,13-16H,2-4,11-12,17-21,31H2,1H3;(H,6,7). The number of nitrogens with zero attached hydrogens (tertiary/aromatic N) is 4. The number of aromatic nitrogens is 4. The highest BCUT2D eigenvalue weighted by Crippen LogP contribution is 2.42. The Bertz CT molecular complexity index is 1780. The third-order valence-electron chi connectivity index (χ3n) is 7.97. The van der Waals surface area contributed by atoms with Crippen molar-refractivity contribution in [2.24, 2.45) is 12.8 Å². The highest BCUT2D eigenvalue weighted by atomic mass is 32.2. The second-order valence-corrected chi connectivity index (χ2v) is 12.7. The maximum absolute atomic E-state index is 13.9. The number of Topliss-reactive ketones (excluding diaryl/α,β-unsaturated/α-hetero) is 1. The molecule has 0 radical (unpaired) electrons. The molecule has 2 heterocycles. The van der Waals surface area contributed by atoms with Gasteiger partial charge in [0.2, 0.25) is 0 Å². The van der Waals surface area contributed by atoms with E-state index in [0.717, 1.165) is 35.8 Å². The number of fused-ring (bicyclic) bond motifs is 1. The second-order valence-electron chi connectivity index (χ2n) is 11.2. The van der Waals surface area contributed by atoms with E-state index in [-0.39, 0.29) is 17.1 Å². The van der Waals surface area contributed by atoms with Gasteiger partial charge < -0.3 is 15.4 Å². The molecule has 0 bridgehead atoms. The number of aryl methyl sites for hydroxylation is 1. The minimum absolute atomic E-state index is 0.183. The van der Waals surface area contributed by atoms with Crippen LogP contribution in [0.4, 0.5) is 13.2 Å². The molecule has 4 aromatic rings. The van der Waals surface area contributed by atoms with Gasteiger partial charge in [-0.3, -0.25) is 18.7 Å². The summed E-state index contributed by atoms with van der Waals surface area (Å²) in [5, 5.41) is 7.80. The summed E-state index contributed by atoms with van der Waals surface area (Å²) in [6, 6.07) is 18.6. The number of imidazole rings is 1. The zero-order valence-corrected chi connectivity index (χ0v) is 26.1. The van der Waals surface area contributed by atoms with Gasteiger partial charge in [-0.2, -0.15) is 13.2 Å². The van der Waals surface area contributed by atoms with Crippen LogP contribution in [0.3, 0.4) is 0 Å². The first kappa shape index (κ1) is 34.7. The SMILES string of the molecule is Cn1c(=O)n(CC(=O)c2ccccc2)c(=O)c2c1nc(SC1(CN)CCCCCCC1)n2Cc1ccccc1.O=C(O)C(F)(F)F. The van der Waals surface area contributed by atoms with E-state index in [1.54, 1.807) is 43.1 Å². The van der Waals surface area contributed by atoms with E-state index in [4.69, 9.17) is 20.6 Å².